The van der Waals surface area contributed by atoms with E-state index in [-0.39, 0.29) is 18.1 Å². The first-order valence-electron chi connectivity index (χ1n) is 13.5. The largest absolute Gasteiger partial charge is 0.381 e. The lowest BCUT2D eigenvalue weighted by Crippen LogP contribution is -2.40. The number of amides is 2. The number of imidazole rings is 1. The molecule has 1 saturated heterocycles. The van der Waals surface area contributed by atoms with Crippen LogP contribution in [0.5, 0.6) is 0 Å². The first-order chi connectivity index (χ1) is 18.7. The third kappa shape index (κ3) is 5.15. The fourth-order valence-corrected chi connectivity index (χ4v) is 6.25. The molecule has 2 atom stereocenters. The molecule has 8 nitrogen and oxygen atoms in total. The maximum Gasteiger partial charge on any atom is 0.239 e. The quantitative estimate of drug-likeness (QED) is 0.466. The Hall–Kier alpha value is -3.37. The van der Waals surface area contributed by atoms with Crippen LogP contribution >= 0.6 is 0 Å². The van der Waals surface area contributed by atoms with Gasteiger partial charge in [-0.1, -0.05) is 6.07 Å². The van der Waals surface area contributed by atoms with Crippen LogP contribution in [0.1, 0.15) is 74.5 Å². The van der Waals surface area contributed by atoms with Crippen molar-refractivity contribution >= 4 is 28.5 Å². The van der Waals surface area contributed by atoms with E-state index in [4.69, 9.17) is 15.5 Å². The molecule has 1 aromatic heterocycles. The Morgan fingerprint density at radius 2 is 1.82 bits per heavy atom. The highest BCUT2D eigenvalue weighted by Crippen LogP contribution is 2.41. The molecule has 1 unspecified atom stereocenters. The number of aromatic nitrogens is 2. The summed E-state index contributed by atoms with van der Waals surface area (Å²) in [7, 11) is 5.33. The van der Waals surface area contributed by atoms with Crippen molar-refractivity contribution in [2.75, 3.05) is 26.1 Å². The predicted octanol–water partition coefficient (Wildman–Crippen LogP) is 4.79. The molecule has 5 rings (SSSR count). The smallest absolute Gasteiger partial charge is 0.239 e. The molecule has 208 valence electrons. The van der Waals surface area contributed by atoms with Gasteiger partial charge in [0.1, 0.15) is 11.9 Å². The number of anilines is 1. The number of carbonyl (C=O) groups is 2. The standard InChI is InChI=1S/C29H35F2N5O3/c1-34(2)27(28(32)38)17-7-14-24-23(15-17)33-29(36(24)18-8-11-20(39-3)12-9-18)25-5-4-6-26(37)35(25)19-10-13-21(30)22(31)16-19/h7,10,13-16,18,20,25,27H,4-6,8-9,11-12H2,1-3H3,(H2,32,38)/t18?,20?,25-,27?/m0/s1. The van der Waals surface area contributed by atoms with Gasteiger partial charge >= 0.3 is 0 Å². The molecule has 1 aliphatic heterocycles. The second-order valence-electron chi connectivity index (χ2n) is 10.8. The van der Waals surface area contributed by atoms with Gasteiger partial charge in [0.05, 0.1) is 23.2 Å². The molecule has 1 saturated carbocycles. The summed E-state index contributed by atoms with van der Waals surface area (Å²) in [5.41, 5.74) is 8.36. The topological polar surface area (TPSA) is 93.7 Å². The highest BCUT2D eigenvalue weighted by Gasteiger charge is 2.37. The number of likely N-dealkylation sites (N-methyl/N-ethyl adjacent to an activating group) is 1. The lowest BCUT2D eigenvalue weighted by Gasteiger charge is -2.37. The Bertz CT molecular complexity index is 1380. The van der Waals surface area contributed by atoms with E-state index in [0.29, 0.717) is 36.3 Å². The Labute approximate surface area is 226 Å². The Balaban J connectivity index is 1.65. The van der Waals surface area contributed by atoms with E-state index in [0.717, 1.165) is 48.9 Å². The molecule has 10 heteroatoms. The van der Waals surface area contributed by atoms with Crippen molar-refractivity contribution in [3.05, 3.63) is 59.4 Å². The summed E-state index contributed by atoms with van der Waals surface area (Å²) in [4.78, 5) is 33.9. The normalized spacial score (nSPS) is 23.0. The van der Waals surface area contributed by atoms with Crippen molar-refractivity contribution in [1.82, 2.24) is 14.5 Å². The van der Waals surface area contributed by atoms with Crippen LogP contribution in [0.2, 0.25) is 0 Å². The minimum atomic E-state index is -0.998. The van der Waals surface area contributed by atoms with E-state index < -0.39 is 29.6 Å². The van der Waals surface area contributed by atoms with Crippen molar-refractivity contribution in [3.63, 3.8) is 0 Å². The summed E-state index contributed by atoms with van der Waals surface area (Å²) in [6, 6.07) is 8.39. The molecule has 2 amide bonds. The number of hydrogen-bond acceptors (Lipinski definition) is 5. The van der Waals surface area contributed by atoms with E-state index in [9.17, 15) is 18.4 Å². The van der Waals surface area contributed by atoms with Crippen LogP contribution in [0.15, 0.2) is 36.4 Å². The molecule has 2 heterocycles. The summed E-state index contributed by atoms with van der Waals surface area (Å²) < 4.78 is 35.8. The summed E-state index contributed by atoms with van der Waals surface area (Å²) in [5.74, 6) is -1.86. The number of methoxy groups -OCH3 is 1. The zero-order chi connectivity index (χ0) is 27.8. The summed E-state index contributed by atoms with van der Waals surface area (Å²) in [6.45, 7) is 0. The number of piperidine rings is 1. The average molecular weight is 540 g/mol. The number of hydrogen-bond donors (Lipinski definition) is 1. The fourth-order valence-electron chi connectivity index (χ4n) is 6.25. The van der Waals surface area contributed by atoms with E-state index in [1.165, 1.54) is 6.07 Å². The summed E-state index contributed by atoms with van der Waals surface area (Å²) >= 11 is 0. The molecular weight excluding hydrogens is 504 g/mol. The molecule has 2 fully saturated rings. The van der Waals surface area contributed by atoms with Gasteiger partial charge in [0.15, 0.2) is 11.6 Å². The van der Waals surface area contributed by atoms with Gasteiger partial charge in [0.2, 0.25) is 11.8 Å². The van der Waals surface area contributed by atoms with Gasteiger partial charge in [0.25, 0.3) is 0 Å². The van der Waals surface area contributed by atoms with Gasteiger partial charge in [-0.2, -0.15) is 0 Å². The molecule has 1 aliphatic carbocycles. The maximum atomic E-state index is 14.3. The lowest BCUT2D eigenvalue weighted by atomic mass is 9.91. The van der Waals surface area contributed by atoms with Crippen molar-refractivity contribution in [2.45, 2.75) is 69.2 Å². The minimum Gasteiger partial charge on any atom is -0.381 e. The van der Waals surface area contributed by atoms with Crippen LogP contribution in [0.3, 0.4) is 0 Å². The third-order valence-electron chi connectivity index (χ3n) is 8.11. The number of ether oxygens (including phenoxy) is 1. The molecule has 2 aromatic carbocycles. The predicted molar refractivity (Wildman–Crippen MR) is 144 cm³/mol. The van der Waals surface area contributed by atoms with E-state index in [2.05, 4.69) is 4.57 Å². The fraction of sp³-hybridized carbons (Fsp3) is 0.483. The van der Waals surface area contributed by atoms with Gasteiger partial charge in [-0.05, 0) is 82.4 Å². The van der Waals surface area contributed by atoms with Gasteiger partial charge in [-0.3, -0.25) is 14.5 Å². The van der Waals surface area contributed by atoms with Crippen LogP contribution in [0.4, 0.5) is 14.5 Å². The third-order valence-corrected chi connectivity index (χ3v) is 8.11. The van der Waals surface area contributed by atoms with Crippen LogP contribution in [-0.2, 0) is 14.3 Å². The Morgan fingerprint density at radius 1 is 1.08 bits per heavy atom. The number of carbonyl (C=O) groups excluding carboxylic acids is 2. The van der Waals surface area contributed by atoms with E-state index in [1.807, 2.05) is 18.2 Å². The van der Waals surface area contributed by atoms with Gasteiger partial charge < -0.3 is 19.9 Å². The second kappa shape index (κ2) is 11.0. The van der Waals surface area contributed by atoms with E-state index in [1.54, 1.807) is 31.0 Å². The van der Waals surface area contributed by atoms with Crippen LogP contribution < -0.4 is 10.6 Å². The van der Waals surface area contributed by atoms with Crippen LogP contribution in [-0.4, -0.2) is 53.6 Å². The van der Waals surface area contributed by atoms with Crippen molar-refractivity contribution < 1.29 is 23.1 Å². The number of nitrogens with zero attached hydrogens (tertiary/aromatic N) is 4. The number of fused-ring (bicyclic) bond motifs is 1. The van der Waals surface area contributed by atoms with Gasteiger partial charge in [-0.15, -0.1) is 0 Å². The first-order valence-corrected chi connectivity index (χ1v) is 13.5. The van der Waals surface area contributed by atoms with Gasteiger partial charge in [-0.25, -0.2) is 13.8 Å². The summed E-state index contributed by atoms with van der Waals surface area (Å²) in [6.07, 6.45) is 5.39. The number of rotatable bonds is 7. The molecular formula is C29H35F2N5O3. The first kappa shape index (κ1) is 27.2. The zero-order valence-electron chi connectivity index (χ0n) is 22.6. The van der Waals surface area contributed by atoms with E-state index >= 15 is 0 Å². The molecule has 0 spiro atoms. The van der Waals surface area contributed by atoms with Crippen molar-refractivity contribution in [1.29, 1.82) is 0 Å². The SMILES string of the molecule is COC1CCC(n2c([C@@H]3CCCC(=O)N3c3ccc(F)c(F)c3)nc3cc(C(C(N)=O)N(C)C)ccc32)CC1. The number of nitrogens with two attached hydrogens (primary N) is 1. The highest BCUT2D eigenvalue weighted by atomic mass is 19.2. The average Bonchev–Trinajstić information content (AvgIpc) is 3.28. The Morgan fingerprint density at radius 3 is 2.46 bits per heavy atom. The number of benzene rings is 2. The lowest BCUT2D eigenvalue weighted by molar-refractivity contribution is -0.122. The molecule has 0 bridgehead atoms. The van der Waals surface area contributed by atoms with Gasteiger partial charge in [0, 0.05) is 31.3 Å². The highest BCUT2D eigenvalue weighted by molar-refractivity contribution is 5.95. The zero-order valence-corrected chi connectivity index (χ0v) is 22.6. The second-order valence-corrected chi connectivity index (χ2v) is 10.8. The minimum absolute atomic E-state index is 0.131. The van der Waals surface area contributed by atoms with Crippen LogP contribution in [0.25, 0.3) is 11.0 Å². The molecule has 3 aromatic rings. The summed E-state index contributed by atoms with van der Waals surface area (Å²) in [5, 5.41) is 0. The molecule has 2 N–H and O–H groups in total. The number of primary amides is 1. The van der Waals surface area contributed by atoms with Crippen LogP contribution in [0, 0.1) is 11.6 Å². The monoisotopic (exact) mass is 539 g/mol. The molecule has 0 radical (unpaired) electrons. The molecule has 39 heavy (non-hydrogen) atoms. The molecule has 2 aliphatic rings. The van der Waals surface area contributed by atoms with Crippen molar-refractivity contribution in [2.24, 2.45) is 5.73 Å². The van der Waals surface area contributed by atoms with Crippen molar-refractivity contribution in [3.8, 4) is 0 Å². The maximum absolute atomic E-state index is 14.3. The number of halogens is 2. The Kier molecular flexibility index (Phi) is 7.68.